The van der Waals surface area contributed by atoms with Crippen LogP contribution >= 0.6 is 35.0 Å². The third-order valence-electron chi connectivity index (χ3n) is 3.21. The molecule has 0 fully saturated rings. The van der Waals surface area contributed by atoms with Crippen LogP contribution in [0, 0.1) is 0 Å². The Morgan fingerprint density at radius 3 is 2.78 bits per heavy atom. The summed E-state index contributed by atoms with van der Waals surface area (Å²) in [7, 11) is 0. The van der Waals surface area contributed by atoms with E-state index in [2.05, 4.69) is 4.98 Å². The normalized spacial score (nSPS) is 11.4. The van der Waals surface area contributed by atoms with Crippen molar-refractivity contribution in [2.45, 2.75) is 5.16 Å². The second kappa shape index (κ2) is 7.21. The van der Waals surface area contributed by atoms with E-state index in [0.717, 1.165) is 0 Å². The Balaban J connectivity index is 2.25. The lowest BCUT2D eigenvalue weighted by Crippen LogP contribution is -2.21. The van der Waals surface area contributed by atoms with E-state index in [1.165, 1.54) is 17.3 Å². The van der Waals surface area contributed by atoms with E-state index in [1.54, 1.807) is 28.8 Å². The molecule has 0 saturated carbocycles. The zero-order chi connectivity index (χ0) is 16.2. The van der Waals surface area contributed by atoms with Gasteiger partial charge in [-0.1, -0.05) is 59.2 Å². The number of rotatable bonds is 4. The molecule has 0 radical (unpaired) electrons. The van der Waals surface area contributed by atoms with Gasteiger partial charge in [0, 0.05) is 16.3 Å². The minimum Gasteiger partial charge on any atom is -0.268 e. The van der Waals surface area contributed by atoms with Crippen LogP contribution < -0.4 is 5.56 Å². The Morgan fingerprint density at radius 2 is 2.00 bits per heavy atom. The fourth-order valence-electron chi connectivity index (χ4n) is 2.21. The summed E-state index contributed by atoms with van der Waals surface area (Å²) < 4.78 is 1.58. The molecule has 3 aromatic rings. The highest BCUT2D eigenvalue weighted by Gasteiger charge is 2.12. The van der Waals surface area contributed by atoms with Crippen molar-refractivity contribution in [2.75, 3.05) is 5.75 Å². The Bertz CT molecular complexity index is 937. The summed E-state index contributed by atoms with van der Waals surface area (Å²) in [6.07, 6.45) is 1.80. The van der Waals surface area contributed by atoms with Crippen LogP contribution in [-0.2, 0) is 0 Å². The van der Waals surface area contributed by atoms with E-state index in [9.17, 15) is 4.79 Å². The first-order valence-corrected chi connectivity index (χ1v) is 8.66. The molecule has 0 N–H and O–H groups in total. The number of benzene rings is 2. The van der Waals surface area contributed by atoms with E-state index in [-0.39, 0.29) is 5.56 Å². The first-order valence-electron chi connectivity index (χ1n) is 6.86. The molecule has 1 aromatic heterocycles. The molecule has 6 heteroatoms. The van der Waals surface area contributed by atoms with Gasteiger partial charge in [-0.2, -0.15) is 0 Å². The van der Waals surface area contributed by atoms with Crippen LogP contribution in [0.3, 0.4) is 0 Å². The Labute approximate surface area is 147 Å². The SMILES string of the molecule is O=c1c2ccccc2nc(SC/C=C/Cl)n1-c1cccc(Cl)c1. The van der Waals surface area contributed by atoms with Gasteiger partial charge in [-0.3, -0.25) is 9.36 Å². The molecule has 0 aliphatic carbocycles. The number of thioether (sulfide) groups is 1. The first-order chi connectivity index (χ1) is 11.2. The third-order valence-corrected chi connectivity index (χ3v) is 4.51. The molecule has 0 atom stereocenters. The maximum absolute atomic E-state index is 12.9. The molecule has 0 bridgehead atoms. The third kappa shape index (κ3) is 3.44. The number of aromatic nitrogens is 2. The standard InChI is InChI=1S/C17H12Cl2N2OS/c18-9-4-10-23-17-20-15-8-2-1-7-14(15)16(22)21(17)13-6-3-5-12(19)11-13/h1-9,11H,10H2/b9-4+. The molecule has 0 saturated heterocycles. The van der Waals surface area contributed by atoms with Gasteiger partial charge in [0.2, 0.25) is 0 Å². The predicted octanol–water partition coefficient (Wildman–Crippen LogP) is 4.88. The summed E-state index contributed by atoms with van der Waals surface area (Å²) in [5, 5.41) is 1.75. The lowest BCUT2D eigenvalue weighted by molar-refractivity contribution is 0.821. The number of nitrogens with zero attached hydrogens (tertiary/aromatic N) is 2. The highest BCUT2D eigenvalue weighted by atomic mass is 35.5. The summed E-state index contributed by atoms with van der Waals surface area (Å²) >= 11 is 13.1. The van der Waals surface area contributed by atoms with Gasteiger partial charge >= 0.3 is 0 Å². The van der Waals surface area contributed by atoms with Crippen molar-refractivity contribution in [3.8, 4) is 5.69 Å². The zero-order valence-corrected chi connectivity index (χ0v) is 14.3. The number of fused-ring (bicyclic) bond motifs is 1. The van der Waals surface area contributed by atoms with Gasteiger partial charge in [0.1, 0.15) is 0 Å². The number of hydrogen-bond acceptors (Lipinski definition) is 3. The average molecular weight is 363 g/mol. The molecule has 0 aliphatic rings. The smallest absolute Gasteiger partial charge is 0.266 e. The largest absolute Gasteiger partial charge is 0.268 e. The predicted molar refractivity (Wildman–Crippen MR) is 98.1 cm³/mol. The van der Waals surface area contributed by atoms with Crippen LogP contribution in [0.2, 0.25) is 5.02 Å². The first kappa shape index (κ1) is 16.1. The Kier molecular flexibility index (Phi) is 5.06. The van der Waals surface area contributed by atoms with Gasteiger partial charge in [-0.05, 0) is 30.3 Å². The van der Waals surface area contributed by atoms with Gasteiger partial charge in [0.25, 0.3) is 5.56 Å². The van der Waals surface area contributed by atoms with Crippen molar-refractivity contribution in [2.24, 2.45) is 0 Å². The van der Waals surface area contributed by atoms with Crippen LogP contribution in [0.1, 0.15) is 0 Å². The van der Waals surface area contributed by atoms with Crippen molar-refractivity contribution in [1.82, 2.24) is 9.55 Å². The molecule has 3 nitrogen and oxygen atoms in total. The van der Waals surface area contributed by atoms with Gasteiger partial charge in [0.05, 0.1) is 16.6 Å². The van der Waals surface area contributed by atoms with Crippen molar-refractivity contribution >= 4 is 45.9 Å². The number of halogens is 2. The van der Waals surface area contributed by atoms with E-state index >= 15 is 0 Å². The highest BCUT2D eigenvalue weighted by Crippen LogP contribution is 2.23. The van der Waals surface area contributed by atoms with Crippen LogP contribution in [0.25, 0.3) is 16.6 Å². The van der Waals surface area contributed by atoms with E-state index in [4.69, 9.17) is 23.2 Å². The molecule has 116 valence electrons. The van der Waals surface area contributed by atoms with E-state index in [0.29, 0.717) is 32.5 Å². The molecule has 0 unspecified atom stereocenters. The zero-order valence-electron chi connectivity index (χ0n) is 11.9. The van der Waals surface area contributed by atoms with Crippen LogP contribution in [0.15, 0.2) is 70.1 Å². The molecule has 0 spiro atoms. The minimum atomic E-state index is -0.116. The summed E-state index contributed by atoms with van der Waals surface area (Å²) in [6.45, 7) is 0. The van der Waals surface area contributed by atoms with E-state index < -0.39 is 0 Å². The van der Waals surface area contributed by atoms with Crippen molar-refractivity contribution in [1.29, 1.82) is 0 Å². The fourth-order valence-corrected chi connectivity index (χ4v) is 3.41. The maximum atomic E-state index is 12.9. The quantitative estimate of drug-likeness (QED) is 0.489. The average Bonchev–Trinajstić information content (AvgIpc) is 2.55. The van der Waals surface area contributed by atoms with Crippen molar-refractivity contribution < 1.29 is 0 Å². The number of hydrogen-bond donors (Lipinski definition) is 0. The van der Waals surface area contributed by atoms with Gasteiger partial charge < -0.3 is 0 Å². The molecule has 3 rings (SSSR count). The van der Waals surface area contributed by atoms with Crippen LogP contribution in [0.4, 0.5) is 0 Å². The van der Waals surface area contributed by atoms with Gasteiger partial charge in [0.15, 0.2) is 5.16 Å². The highest BCUT2D eigenvalue weighted by molar-refractivity contribution is 7.99. The molecule has 1 heterocycles. The van der Waals surface area contributed by atoms with Crippen LogP contribution in [-0.4, -0.2) is 15.3 Å². The lowest BCUT2D eigenvalue weighted by atomic mass is 10.2. The maximum Gasteiger partial charge on any atom is 0.266 e. The van der Waals surface area contributed by atoms with Gasteiger partial charge in [-0.15, -0.1) is 0 Å². The molecule has 23 heavy (non-hydrogen) atoms. The Hall–Kier alpha value is -1.75. The summed E-state index contributed by atoms with van der Waals surface area (Å²) in [5.41, 5.74) is 2.71. The molecular formula is C17H12Cl2N2OS. The van der Waals surface area contributed by atoms with E-state index in [1.807, 2.05) is 30.3 Å². The topological polar surface area (TPSA) is 34.9 Å². The van der Waals surface area contributed by atoms with Crippen molar-refractivity contribution in [3.05, 3.63) is 75.5 Å². The van der Waals surface area contributed by atoms with Crippen molar-refractivity contribution in [3.63, 3.8) is 0 Å². The monoisotopic (exact) mass is 362 g/mol. The fraction of sp³-hybridized carbons (Fsp3) is 0.0588. The molecule has 2 aromatic carbocycles. The Morgan fingerprint density at radius 1 is 1.17 bits per heavy atom. The summed E-state index contributed by atoms with van der Waals surface area (Å²) in [4.78, 5) is 17.5. The number of para-hydroxylation sites is 1. The minimum absolute atomic E-state index is 0.116. The van der Waals surface area contributed by atoms with Gasteiger partial charge in [-0.25, -0.2) is 4.98 Å². The molecule has 0 amide bonds. The van der Waals surface area contributed by atoms with Crippen LogP contribution in [0.5, 0.6) is 0 Å². The second-order valence-electron chi connectivity index (χ2n) is 4.70. The summed E-state index contributed by atoms with van der Waals surface area (Å²) in [5.74, 6) is 0.620. The lowest BCUT2D eigenvalue weighted by Gasteiger charge is -2.12. The summed E-state index contributed by atoms with van der Waals surface area (Å²) in [6, 6.07) is 14.5. The second-order valence-corrected chi connectivity index (χ2v) is 6.38. The molecular weight excluding hydrogens is 351 g/mol. The molecule has 0 aliphatic heterocycles.